The van der Waals surface area contributed by atoms with Crippen molar-refractivity contribution in [3.05, 3.63) is 34.7 Å². The van der Waals surface area contributed by atoms with Crippen LogP contribution in [0.2, 0.25) is 5.02 Å². The maximum absolute atomic E-state index is 13.4. The van der Waals surface area contributed by atoms with Gasteiger partial charge in [-0.3, -0.25) is 4.79 Å². The average molecular weight is 212 g/mol. The minimum Gasteiger partial charge on any atom is -0.339 e. The Hall–Kier alpha value is -1.35. The van der Waals surface area contributed by atoms with Crippen molar-refractivity contribution >= 4 is 28.8 Å². The number of aldehydes is 1. The lowest BCUT2D eigenvalue weighted by Gasteiger charge is -1.99. The highest BCUT2D eigenvalue weighted by Crippen LogP contribution is 2.24. The lowest BCUT2D eigenvalue weighted by Crippen LogP contribution is -1.95. The Bertz CT molecular complexity index is 518. The van der Waals surface area contributed by atoms with E-state index < -0.39 is 5.82 Å². The van der Waals surface area contributed by atoms with Gasteiger partial charge >= 0.3 is 0 Å². The van der Waals surface area contributed by atoms with Crippen molar-refractivity contribution in [1.29, 1.82) is 0 Å². The zero-order chi connectivity index (χ0) is 10.3. The van der Waals surface area contributed by atoms with Crippen LogP contribution in [0, 0.1) is 5.82 Å². The summed E-state index contributed by atoms with van der Waals surface area (Å²) in [5, 5.41) is 0.970. The van der Waals surface area contributed by atoms with Gasteiger partial charge in [0.15, 0.2) is 6.29 Å². The fraction of sp³-hybridized carbons (Fsp3) is 0.100. The summed E-state index contributed by atoms with van der Waals surface area (Å²) in [5.41, 5.74) is 0.831. The summed E-state index contributed by atoms with van der Waals surface area (Å²) < 4.78 is 14.9. The molecule has 0 unspecified atom stereocenters. The Kier molecular flexibility index (Phi) is 2.04. The Morgan fingerprint density at radius 1 is 1.43 bits per heavy atom. The predicted molar refractivity (Wildman–Crippen MR) is 53.3 cm³/mol. The molecule has 14 heavy (non-hydrogen) atoms. The molecule has 1 aromatic heterocycles. The maximum Gasteiger partial charge on any atom is 0.166 e. The minimum atomic E-state index is -0.414. The Labute approximate surface area is 84.9 Å². The molecular weight excluding hydrogens is 205 g/mol. The van der Waals surface area contributed by atoms with Gasteiger partial charge in [0.1, 0.15) is 5.82 Å². The van der Waals surface area contributed by atoms with Gasteiger partial charge in [-0.05, 0) is 18.2 Å². The predicted octanol–water partition coefficient (Wildman–Crippen LogP) is 2.78. The standard InChI is InChI=1S/C10H7ClFNO/c1-13-8(5-14)3-6-2-7(11)4-9(12)10(6)13/h2-5H,1H3. The fourth-order valence-electron chi connectivity index (χ4n) is 1.55. The summed E-state index contributed by atoms with van der Waals surface area (Å²) in [7, 11) is 1.64. The van der Waals surface area contributed by atoms with Gasteiger partial charge in [0.2, 0.25) is 0 Å². The molecule has 0 bridgehead atoms. The first-order valence-corrected chi connectivity index (χ1v) is 4.41. The summed E-state index contributed by atoms with van der Waals surface area (Å²) in [4.78, 5) is 10.6. The van der Waals surface area contributed by atoms with Crippen molar-refractivity contribution in [2.75, 3.05) is 0 Å². The van der Waals surface area contributed by atoms with Gasteiger partial charge < -0.3 is 4.57 Å². The minimum absolute atomic E-state index is 0.332. The zero-order valence-electron chi connectivity index (χ0n) is 7.42. The van der Waals surface area contributed by atoms with Crippen LogP contribution in [0.4, 0.5) is 4.39 Å². The molecule has 0 aliphatic carbocycles. The second-order valence-corrected chi connectivity index (χ2v) is 3.51. The molecule has 2 nitrogen and oxygen atoms in total. The maximum atomic E-state index is 13.4. The van der Waals surface area contributed by atoms with Crippen LogP contribution >= 0.6 is 11.6 Å². The number of carbonyl (C=O) groups is 1. The van der Waals surface area contributed by atoms with Gasteiger partial charge in [-0.15, -0.1) is 0 Å². The largest absolute Gasteiger partial charge is 0.339 e. The summed E-state index contributed by atoms with van der Waals surface area (Å²) >= 11 is 5.69. The van der Waals surface area contributed by atoms with Crippen molar-refractivity contribution in [3.63, 3.8) is 0 Å². The van der Waals surface area contributed by atoms with Crippen LogP contribution in [0.1, 0.15) is 10.5 Å². The molecule has 4 heteroatoms. The third kappa shape index (κ3) is 1.21. The van der Waals surface area contributed by atoms with Gasteiger partial charge in [0.25, 0.3) is 0 Å². The molecule has 0 aliphatic rings. The van der Waals surface area contributed by atoms with E-state index in [0.29, 0.717) is 27.9 Å². The summed E-state index contributed by atoms with van der Waals surface area (Å²) in [5.74, 6) is -0.414. The highest BCUT2D eigenvalue weighted by atomic mass is 35.5. The van der Waals surface area contributed by atoms with Crippen LogP contribution in [0.3, 0.4) is 0 Å². The van der Waals surface area contributed by atoms with E-state index in [0.717, 1.165) is 0 Å². The van der Waals surface area contributed by atoms with Gasteiger partial charge in [0.05, 0.1) is 11.2 Å². The Morgan fingerprint density at radius 2 is 2.14 bits per heavy atom. The number of hydrogen-bond acceptors (Lipinski definition) is 1. The second-order valence-electron chi connectivity index (χ2n) is 3.07. The first-order chi connectivity index (χ1) is 6.63. The molecule has 0 saturated carbocycles. The Balaban J connectivity index is 2.92. The van der Waals surface area contributed by atoms with Gasteiger partial charge in [-0.25, -0.2) is 4.39 Å². The van der Waals surface area contributed by atoms with Crippen molar-refractivity contribution < 1.29 is 9.18 Å². The van der Waals surface area contributed by atoms with E-state index >= 15 is 0 Å². The molecule has 2 aromatic rings. The highest BCUT2D eigenvalue weighted by Gasteiger charge is 2.10. The van der Waals surface area contributed by atoms with Crippen LogP contribution in [0.15, 0.2) is 18.2 Å². The molecule has 72 valence electrons. The molecular formula is C10H7ClFNO. The van der Waals surface area contributed by atoms with E-state index in [-0.39, 0.29) is 0 Å². The van der Waals surface area contributed by atoms with E-state index in [9.17, 15) is 9.18 Å². The second kappa shape index (κ2) is 3.10. The first kappa shape index (κ1) is 9.21. The van der Waals surface area contributed by atoms with Gasteiger partial charge in [0, 0.05) is 17.5 Å². The molecule has 1 aromatic carbocycles. The number of aryl methyl sites for hydroxylation is 1. The average Bonchev–Trinajstić information content (AvgIpc) is 2.42. The van der Waals surface area contributed by atoms with Crippen LogP contribution in [0.25, 0.3) is 10.9 Å². The van der Waals surface area contributed by atoms with E-state index in [1.54, 1.807) is 19.2 Å². The normalized spacial score (nSPS) is 10.8. The number of aromatic nitrogens is 1. The fourth-order valence-corrected chi connectivity index (χ4v) is 1.76. The topological polar surface area (TPSA) is 22.0 Å². The van der Waals surface area contributed by atoms with Crippen molar-refractivity contribution in [1.82, 2.24) is 4.57 Å². The molecule has 1 heterocycles. The number of rotatable bonds is 1. The number of halogens is 2. The molecule has 0 aliphatic heterocycles. The van der Waals surface area contributed by atoms with Crippen LogP contribution in [-0.2, 0) is 7.05 Å². The van der Waals surface area contributed by atoms with Crippen molar-refractivity contribution in [2.45, 2.75) is 0 Å². The summed E-state index contributed by atoms with van der Waals surface area (Å²) in [6, 6.07) is 4.47. The SMILES string of the molecule is Cn1c(C=O)cc2cc(Cl)cc(F)c21. The summed E-state index contributed by atoms with van der Waals surface area (Å²) in [6.45, 7) is 0. The lowest BCUT2D eigenvalue weighted by molar-refractivity contribution is 0.111. The molecule has 0 atom stereocenters. The van der Waals surface area contributed by atoms with E-state index in [1.165, 1.54) is 10.6 Å². The summed E-state index contributed by atoms with van der Waals surface area (Å²) in [6.07, 6.45) is 0.688. The number of fused-ring (bicyclic) bond motifs is 1. The van der Waals surface area contributed by atoms with Crippen LogP contribution in [0.5, 0.6) is 0 Å². The number of hydrogen-bond donors (Lipinski definition) is 0. The van der Waals surface area contributed by atoms with E-state index in [1.807, 2.05) is 0 Å². The zero-order valence-corrected chi connectivity index (χ0v) is 8.18. The third-order valence-electron chi connectivity index (χ3n) is 2.20. The monoisotopic (exact) mass is 211 g/mol. The van der Waals surface area contributed by atoms with Crippen molar-refractivity contribution in [3.8, 4) is 0 Å². The van der Waals surface area contributed by atoms with E-state index in [4.69, 9.17) is 11.6 Å². The molecule has 0 fully saturated rings. The highest BCUT2D eigenvalue weighted by molar-refractivity contribution is 6.31. The van der Waals surface area contributed by atoms with E-state index in [2.05, 4.69) is 0 Å². The van der Waals surface area contributed by atoms with Crippen LogP contribution < -0.4 is 0 Å². The number of nitrogens with zero attached hydrogens (tertiary/aromatic N) is 1. The molecule has 0 saturated heterocycles. The number of benzene rings is 1. The molecule has 0 amide bonds. The van der Waals surface area contributed by atoms with Gasteiger partial charge in [-0.2, -0.15) is 0 Å². The smallest absolute Gasteiger partial charge is 0.166 e. The quantitative estimate of drug-likeness (QED) is 0.665. The van der Waals surface area contributed by atoms with Crippen LogP contribution in [-0.4, -0.2) is 10.9 Å². The number of carbonyl (C=O) groups excluding carboxylic acids is 1. The first-order valence-electron chi connectivity index (χ1n) is 4.03. The molecule has 0 radical (unpaired) electrons. The Morgan fingerprint density at radius 3 is 2.79 bits per heavy atom. The molecule has 0 spiro atoms. The lowest BCUT2D eigenvalue weighted by atomic mass is 10.2. The molecule has 2 rings (SSSR count). The third-order valence-corrected chi connectivity index (χ3v) is 2.42. The van der Waals surface area contributed by atoms with Gasteiger partial charge in [-0.1, -0.05) is 11.6 Å². The van der Waals surface area contributed by atoms with Crippen molar-refractivity contribution in [2.24, 2.45) is 7.05 Å². The molecule has 0 N–H and O–H groups in total.